The van der Waals surface area contributed by atoms with Crippen molar-refractivity contribution >= 4 is 17.5 Å². The van der Waals surface area contributed by atoms with Gasteiger partial charge in [-0.05, 0) is 61.2 Å². The Balaban J connectivity index is 1.47. The van der Waals surface area contributed by atoms with Crippen LogP contribution < -0.4 is 15.0 Å². The largest absolute Gasteiger partial charge is 0.497 e. The van der Waals surface area contributed by atoms with Crippen molar-refractivity contribution in [3.63, 3.8) is 0 Å². The number of hydrogen-bond donors (Lipinski definition) is 1. The molecular formula is C30H33F3N4O3. The number of benzene rings is 2. The lowest BCUT2D eigenvalue weighted by Crippen LogP contribution is -2.42. The van der Waals surface area contributed by atoms with Crippen LogP contribution in [0.2, 0.25) is 0 Å². The number of hydrogen-bond acceptors (Lipinski definition) is 4. The molecule has 0 unspecified atom stereocenters. The Morgan fingerprint density at radius 2 is 1.68 bits per heavy atom. The number of anilines is 1. The second kappa shape index (κ2) is 11.0. The molecule has 10 heteroatoms. The predicted octanol–water partition coefficient (Wildman–Crippen LogP) is 5.83. The van der Waals surface area contributed by atoms with E-state index in [9.17, 15) is 22.8 Å². The number of nitrogens with one attached hydrogen (secondary N) is 1. The molecule has 1 saturated carbocycles. The monoisotopic (exact) mass is 554 g/mol. The van der Waals surface area contributed by atoms with E-state index >= 15 is 0 Å². The summed E-state index contributed by atoms with van der Waals surface area (Å²) in [6.45, 7) is 2.50. The molecule has 0 bridgehead atoms. The van der Waals surface area contributed by atoms with Gasteiger partial charge < -0.3 is 15.0 Å². The molecule has 5 rings (SSSR count). The summed E-state index contributed by atoms with van der Waals surface area (Å²) in [5.74, 6) is 0.0252. The molecule has 1 aromatic heterocycles. The number of aromatic nitrogens is 2. The summed E-state index contributed by atoms with van der Waals surface area (Å²) < 4.78 is 48.0. The van der Waals surface area contributed by atoms with E-state index in [2.05, 4.69) is 10.4 Å². The second-order valence-electron chi connectivity index (χ2n) is 10.5. The average molecular weight is 555 g/mol. The molecule has 1 aliphatic heterocycles. The number of amides is 2. The van der Waals surface area contributed by atoms with Crippen LogP contribution in [0.15, 0.2) is 48.5 Å². The van der Waals surface area contributed by atoms with E-state index in [0.29, 0.717) is 30.1 Å². The maximum absolute atomic E-state index is 13.9. The normalized spacial score (nSPS) is 16.9. The molecule has 1 fully saturated rings. The van der Waals surface area contributed by atoms with Gasteiger partial charge in [0, 0.05) is 36.2 Å². The van der Waals surface area contributed by atoms with Crippen LogP contribution >= 0.6 is 0 Å². The van der Waals surface area contributed by atoms with Gasteiger partial charge in [-0.25, -0.2) is 4.68 Å². The van der Waals surface area contributed by atoms with Gasteiger partial charge in [0.15, 0.2) is 5.69 Å². The van der Waals surface area contributed by atoms with E-state index in [1.54, 1.807) is 24.3 Å². The Morgan fingerprint density at radius 1 is 1.02 bits per heavy atom. The highest BCUT2D eigenvalue weighted by Gasteiger charge is 2.43. The fourth-order valence-electron chi connectivity index (χ4n) is 5.93. The second-order valence-corrected chi connectivity index (χ2v) is 10.5. The first-order valence-corrected chi connectivity index (χ1v) is 13.7. The molecule has 7 nitrogen and oxygen atoms in total. The summed E-state index contributed by atoms with van der Waals surface area (Å²) in [6, 6.07) is 14.1. The van der Waals surface area contributed by atoms with Crippen LogP contribution in [-0.4, -0.2) is 41.8 Å². The van der Waals surface area contributed by atoms with Crippen LogP contribution in [-0.2, 0) is 22.8 Å². The lowest BCUT2D eigenvalue weighted by molar-refractivity contribution is -0.142. The Labute approximate surface area is 231 Å². The van der Waals surface area contributed by atoms with E-state index in [1.807, 2.05) is 31.2 Å². The molecule has 0 spiro atoms. The van der Waals surface area contributed by atoms with Crippen molar-refractivity contribution in [1.29, 1.82) is 0 Å². The Hall–Kier alpha value is -3.82. The summed E-state index contributed by atoms with van der Waals surface area (Å²) in [4.78, 5) is 27.3. The van der Waals surface area contributed by atoms with Crippen molar-refractivity contribution in [3.8, 4) is 11.4 Å². The molecule has 2 aromatic carbocycles. The van der Waals surface area contributed by atoms with E-state index in [1.165, 1.54) is 12.0 Å². The molecular weight excluding hydrogens is 521 g/mol. The molecule has 2 amide bonds. The molecule has 2 aliphatic rings. The predicted molar refractivity (Wildman–Crippen MR) is 145 cm³/mol. The Bertz CT molecular complexity index is 1370. The highest BCUT2D eigenvalue weighted by molar-refractivity contribution is 6.07. The quantitative estimate of drug-likeness (QED) is 0.399. The van der Waals surface area contributed by atoms with Crippen molar-refractivity contribution < 1.29 is 27.5 Å². The van der Waals surface area contributed by atoms with E-state index < -0.39 is 17.8 Å². The van der Waals surface area contributed by atoms with Crippen molar-refractivity contribution in [1.82, 2.24) is 15.1 Å². The minimum Gasteiger partial charge on any atom is -0.497 e. The van der Waals surface area contributed by atoms with Gasteiger partial charge in [0.05, 0.1) is 12.8 Å². The number of methoxy groups -OCH3 is 1. The number of nitrogens with zero attached hydrogens (tertiary/aromatic N) is 3. The van der Waals surface area contributed by atoms with Crippen LogP contribution in [0, 0.1) is 0 Å². The summed E-state index contributed by atoms with van der Waals surface area (Å²) in [7, 11) is 1.50. The fourth-order valence-corrected chi connectivity index (χ4v) is 5.93. The highest BCUT2D eigenvalue weighted by atomic mass is 19.4. The van der Waals surface area contributed by atoms with Crippen molar-refractivity contribution in [2.75, 3.05) is 25.1 Å². The van der Waals surface area contributed by atoms with Gasteiger partial charge in [0.25, 0.3) is 5.91 Å². The number of ether oxygens (including phenoxy) is 1. The SMILES string of the molecule is CCC(=O)NCC1(c2ccc(N3CCc4c(C(F)(F)F)nn(-c5ccc(OC)cc5)c4C3=O)cc2)CCCCC1. The smallest absolute Gasteiger partial charge is 0.435 e. The molecule has 1 N–H and O–H groups in total. The number of alkyl halides is 3. The zero-order valence-electron chi connectivity index (χ0n) is 22.7. The first kappa shape index (κ1) is 27.7. The molecule has 0 saturated heterocycles. The van der Waals surface area contributed by atoms with E-state index in [-0.39, 0.29) is 35.5 Å². The van der Waals surface area contributed by atoms with Gasteiger partial charge in [-0.2, -0.15) is 18.3 Å². The summed E-state index contributed by atoms with van der Waals surface area (Å²) in [5.41, 5.74) is 0.670. The van der Waals surface area contributed by atoms with E-state index in [4.69, 9.17) is 4.74 Å². The molecule has 212 valence electrons. The highest BCUT2D eigenvalue weighted by Crippen LogP contribution is 2.41. The molecule has 1 aliphatic carbocycles. The third kappa shape index (κ3) is 5.19. The lowest BCUT2D eigenvalue weighted by atomic mass is 9.69. The average Bonchev–Trinajstić information content (AvgIpc) is 3.38. The summed E-state index contributed by atoms with van der Waals surface area (Å²) in [6.07, 6.45) is 1.01. The summed E-state index contributed by atoms with van der Waals surface area (Å²) >= 11 is 0. The minimum absolute atomic E-state index is 0.0167. The van der Waals surface area contributed by atoms with Gasteiger partial charge in [-0.15, -0.1) is 0 Å². The number of carbonyl (C=O) groups excluding carboxylic acids is 2. The topological polar surface area (TPSA) is 76.5 Å². The maximum Gasteiger partial charge on any atom is 0.435 e. The lowest BCUT2D eigenvalue weighted by Gasteiger charge is -2.38. The van der Waals surface area contributed by atoms with Gasteiger partial charge in [-0.1, -0.05) is 38.3 Å². The fraction of sp³-hybridized carbons (Fsp3) is 0.433. The molecule has 0 radical (unpaired) electrons. The molecule has 40 heavy (non-hydrogen) atoms. The van der Waals surface area contributed by atoms with Crippen LogP contribution in [0.1, 0.15) is 72.8 Å². The number of rotatable bonds is 7. The molecule has 3 aromatic rings. The van der Waals surface area contributed by atoms with Crippen molar-refractivity contribution in [2.24, 2.45) is 0 Å². The third-order valence-corrected chi connectivity index (χ3v) is 8.15. The number of fused-ring (bicyclic) bond motifs is 1. The minimum atomic E-state index is -4.69. The van der Waals surface area contributed by atoms with Crippen LogP contribution in [0.3, 0.4) is 0 Å². The zero-order valence-corrected chi connectivity index (χ0v) is 22.7. The van der Waals surface area contributed by atoms with Gasteiger partial charge in [0.2, 0.25) is 5.91 Å². The zero-order chi connectivity index (χ0) is 28.5. The standard InChI is InChI=1S/C30H33F3N4O3/c1-3-25(38)34-19-29(16-5-4-6-17-29)20-7-9-21(10-8-20)36-18-15-24-26(28(36)39)37(35-27(24)30(31,32)33)22-11-13-23(40-2)14-12-22/h7-14H,3-6,15-19H2,1-2H3,(H,34,38). The number of carbonyl (C=O) groups is 2. The first-order chi connectivity index (χ1) is 19.2. The Kier molecular flexibility index (Phi) is 7.61. The third-order valence-electron chi connectivity index (χ3n) is 8.15. The first-order valence-electron chi connectivity index (χ1n) is 13.7. The van der Waals surface area contributed by atoms with Crippen molar-refractivity contribution in [2.45, 2.75) is 63.5 Å². The Morgan fingerprint density at radius 3 is 2.27 bits per heavy atom. The van der Waals surface area contributed by atoms with Gasteiger partial charge in [0.1, 0.15) is 11.4 Å². The number of halogens is 3. The van der Waals surface area contributed by atoms with Crippen LogP contribution in [0.25, 0.3) is 5.69 Å². The molecule has 2 heterocycles. The van der Waals surface area contributed by atoms with E-state index in [0.717, 1.165) is 42.3 Å². The van der Waals surface area contributed by atoms with Crippen molar-refractivity contribution in [3.05, 3.63) is 71.0 Å². The van der Waals surface area contributed by atoms with Crippen LogP contribution in [0.4, 0.5) is 18.9 Å². The van der Waals surface area contributed by atoms with Gasteiger partial charge in [-0.3, -0.25) is 9.59 Å². The van der Waals surface area contributed by atoms with Crippen LogP contribution in [0.5, 0.6) is 5.75 Å². The molecule has 0 atom stereocenters. The maximum atomic E-state index is 13.9. The van der Waals surface area contributed by atoms with Gasteiger partial charge >= 0.3 is 6.18 Å². The summed E-state index contributed by atoms with van der Waals surface area (Å²) in [5, 5.41) is 6.93.